The highest BCUT2D eigenvalue weighted by Gasteiger charge is 2.37. The Morgan fingerprint density at radius 3 is 2.75 bits per heavy atom. The van der Waals surface area contributed by atoms with Crippen LogP contribution in [-0.2, 0) is 11.3 Å². The number of carbonyl (C=O) groups is 3. The fourth-order valence-electron chi connectivity index (χ4n) is 4.48. The van der Waals surface area contributed by atoms with E-state index in [-0.39, 0.29) is 30.4 Å². The highest BCUT2D eigenvalue weighted by Crippen LogP contribution is 2.26. The van der Waals surface area contributed by atoms with Gasteiger partial charge in [-0.3, -0.25) is 19.3 Å². The Labute approximate surface area is 185 Å². The summed E-state index contributed by atoms with van der Waals surface area (Å²) in [4.78, 5) is 39.3. The van der Waals surface area contributed by atoms with Crippen molar-refractivity contribution in [2.45, 2.75) is 31.9 Å². The molecule has 7 nitrogen and oxygen atoms in total. The van der Waals surface area contributed by atoms with Crippen LogP contribution in [0.4, 0.5) is 0 Å². The summed E-state index contributed by atoms with van der Waals surface area (Å²) in [5, 5.41) is 4.11. The van der Waals surface area contributed by atoms with E-state index in [0.29, 0.717) is 29.8 Å². The summed E-state index contributed by atoms with van der Waals surface area (Å²) < 4.78 is 7.74. The van der Waals surface area contributed by atoms with Crippen LogP contribution in [-0.4, -0.2) is 53.0 Å². The van der Waals surface area contributed by atoms with Gasteiger partial charge in [0, 0.05) is 37.0 Å². The fraction of sp³-hybridized carbons (Fsp3) is 0.320. The van der Waals surface area contributed by atoms with E-state index in [2.05, 4.69) is 34.3 Å². The molecule has 1 N–H and O–H groups in total. The zero-order valence-electron chi connectivity index (χ0n) is 17.8. The number of para-hydroxylation sites is 1. The van der Waals surface area contributed by atoms with Crippen molar-refractivity contribution < 1.29 is 19.1 Å². The second-order valence-corrected chi connectivity index (χ2v) is 8.29. The molecule has 0 saturated carbocycles. The summed E-state index contributed by atoms with van der Waals surface area (Å²) in [6.45, 7) is 2.24. The first-order valence-electron chi connectivity index (χ1n) is 11.1. The zero-order valence-corrected chi connectivity index (χ0v) is 17.8. The van der Waals surface area contributed by atoms with E-state index in [4.69, 9.17) is 4.74 Å². The lowest BCUT2D eigenvalue weighted by Crippen LogP contribution is -2.36. The van der Waals surface area contributed by atoms with Crippen LogP contribution in [0.3, 0.4) is 0 Å². The van der Waals surface area contributed by atoms with Gasteiger partial charge in [-0.15, -0.1) is 0 Å². The maximum atomic E-state index is 12.8. The standard InChI is InChI=1S/C25H25N3O4/c29-23(26-11-4-12-27-13-10-17-5-1-2-7-22(17)27)18-8-9-20-21(15-18)25(31)28(24(20)30)16-19-6-3-14-32-19/h1-2,5,7-10,13,15,19H,3-4,6,11-12,14,16H2,(H,26,29). The molecule has 0 bridgehead atoms. The van der Waals surface area contributed by atoms with Gasteiger partial charge in [0.25, 0.3) is 17.7 Å². The maximum absolute atomic E-state index is 12.8. The molecule has 0 radical (unpaired) electrons. The maximum Gasteiger partial charge on any atom is 0.261 e. The third-order valence-electron chi connectivity index (χ3n) is 6.18. The molecule has 1 atom stereocenters. The Morgan fingerprint density at radius 1 is 1.06 bits per heavy atom. The number of hydrogen-bond donors (Lipinski definition) is 1. The van der Waals surface area contributed by atoms with Gasteiger partial charge in [-0.05, 0) is 55.0 Å². The zero-order chi connectivity index (χ0) is 22.1. The van der Waals surface area contributed by atoms with E-state index < -0.39 is 0 Å². The van der Waals surface area contributed by atoms with Gasteiger partial charge in [-0.1, -0.05) is 18.2 Å². The minimum atomic E-state index is -0.352. The molecule has 0 spiro atoms. The third kappa shape index (κ3) is 3.80. The SMILES string of the molecule is O=C(NCCCn1ccc2ccccc21)c1ccc2c(c1)C(=O)N(CC1CCCO1)C2=O. The van der Waals surface area contributed by atoms with Gasteiger partial charge in [0.15, 0.2) is 0 Å². The largest absolute Gasteiger partial charge is 0.376 e. The van der Waals surface area contributed by atoms with Crippen molar-refractivity contribution in [3.63, 3.8) is 0 Å². The van der Waals surface area contributed by atoms with E-state index in [9.17, 15) is 14.4 Å². The molecule has 0 aliphatic carbocycles. The number of aromatic nitrogens is 1. The summed E-state index contributed by atoms with van der Waals surface area (Å²) in [6, 6.07) is 15.0. The van der Waals surface area contributed by atoms with Gasteiger partial charge in [-0.25, -0.2) is 0 Å². The van der Waals surface area contributed by atoms with E-state index in [1.807, 2.05) is 12.1 Å². The molecule has 32 heavy (non-hydrogen) atoms. The minimum Gasteiger partial charge on any atom is -0.376 e. The van der Waals surface area contributed by atoms with Crippen molar-refractivity contribution in [1.82, 2.24) is 14.8 Å². The number of ether oxygens (including phenoxy) is 1. The van der Waals surface area contributed by atoms with Crippen molar-refractivity contribution in [3.05, 3.63) is 71.4 Å². The highest BCUT2D eigenvalue weighted by atomic mass is 16.5. The molecule has 2 aliphatic heterocycles. The van der Waals surface area contributed by atoms with Gasteiger partial charge in [0.1, 0.15) is 0 Å². The number of nitrogens with zero attached hydrogens (tertiary/aromatic N) is 2. The van der Waals surface area contributed by atoms with E-state index in [1.54, 1.807) is 12.1 Å². The number of hydrogen-bond acceptors (Lipinski definition) is 4. The first-order chi connectivity index (χ1) is 15.6. The monoisotopic (exact) mass is 431 g/mol. The smallest absolute Gasteiger partial charge is 0.261 e. The van der Waals surface area contributed by atoms with Crippen molar-refractivity contribution >= 4 is 28.6 Å². The molecule has 2 aromatic carbocycles. The molecule has 3 aromatic rings. The molecular formula is C25H25N3O4. The number of fused-ring (bicyclic) bond motifs is 2. The Bertz CT molecular complexity index is 1190. The average molecular weight is 431 g/mol. The molecule has 7 heteroatoms. The van der Waals surface area contributed by atoms with E-state index >= 15 is 0 Å². The summed E-state index contributed by atoms with van der Waals surface area (Å²) in [5.74, 6) is -0.913. The third-order valence-corrected chi connectivity index (χ3v) is 6.18. The Kier molecular flexibility index (Phi) is 5.49. The van der Waals surface area contributed by atoms with Gasteiger partial charge in [0.05, 0.1) is 23.8 Å². The molecule has 1 saturated heterocycles. The number of amides is 3. The van der Waals surface area contributed by atoms with Crippen LogP contribution in [0, 0.1) is 0 Å². The first kappa shape index (κ1) is 20.5. The van der Waals surface area contributed by atoms with Gasteiger partial charge in [0.2, 0.25) is 0 Å². The first-order valence-corrected chi connectivity index (χ1v) is 11.1. The number of benzene rings is 2. The molecule has 5 rings (SSSR count). The van der Waals surface area contributed by atoms with Crippen LogP contribution < -0.4 is 5.32 Å². The van der Waals surface area contributed by atoms with Crippen LogP contribution in [0.1, 0.15) is 50.3 Å². The molecule has 3 amide bonds. The lowest BCUT2D eigenvalue weighted by Gasteiger charge is -2.17. The molecule has 3 heterocycles. The quantitative estimate of drug-likeness (QED) is 0.460. The van der Waals surface area contributed by atoms with Crippen molar-refractivity contribution in [2.75, 3.05) is 19.7 Å². The summed E-state index contributed by atoms with van der Waals surface area (Å²) in [6.07, 6.45) is 4.52. The summed E-state index contributed by atoms with van der Waals surface area (Å²) in [7, 11) is 0. The normalized spacial score (nSPS) is 17.9. The Hall–Kier alpha value is -3.45. The predicted octanol–water partition coefficient (Wildman–Crippen LogP) is 3.24. The average Bonchev–Trinajstić information content (AvgIpc) is 3.53. The number of nitrogens with one attached hydrogen (secondary N) is 1. The minimum absolute atomic E-state index is 0.0996. The molecule has 164 valence electrons. The van der Waals surface area contributed by atoms with Crippen molar-refractivity contribution in [2.24, 2.45) is 0 Å². The van der Waals surface area contributed by atoms with Crippen LogP contribution in [0.2, 0.25) is 0 Å². The lowest BCUT2D eigenvalue weighted by molar-refractivity contribution is 0.0475. The molecule has 2 aliphatic rings. The molecular weight excluding hydrogens is 406 g/mol. The van der Waals surface area contributed by atoms with E-state index in [1.165, 1.54) is 21.9 Å². The van der Waals surface area contributed by atoms with Crippen molar-refractivity contribution in [3.8, 4) is 0 Å². The number of carbonyl (C=O) groups excluding carboxylic acids is 3. The van der Waals surface area contributed by atoms with Crippen LogP contribution >= 0.6 is 0 Å². The highest BCUT2D eigenvalue weighted by molar-refractivity contribution is 6.22. The second kappa shape index (κ2) is 8.59. The molecule has 1 aromatic heterocycles. The number of aryl methyl sites for hydroxylation is 1. The van der Waals surface area contributed by atoms with Crippen molar-refractivity contribution in [1.29, 1.82) is 0 Å². The summed E-state index contributed by atoms with van der Waals surface area (Å²) in [5.41, 5.74) is 2.20. The topological polar surface area (TPSA) is 80.6 Å². The van der Waals surface area contributed by atoms with Crippen LogP contribution in [0.15, 0.2) is 54.7 Å². The Morgan fingerprint density at radius 2 is 1.91 bits per heavy atom. The van der Waals surface area contributed by atoms with Crippen LogP contribution in [0.5, 0.6) is 0 Å². The van der Waals surface area contributed by atoms with Gasteiger partial charge >= 0.3 is 0 Å². The molecule has 1 fully saturated rings. The Balaban J connectivity index is 1.19. The lowest BCUT2D eigenvalue weighted by atomic mass is 10.1. The van der Waals surface area contributed by atoms with Crippen LogP contribution in [0.25, 0.3) is 10.9 Å². The fourth-order valence-corrected chi connectivity index (χ4v) is 4.48. The molecule has 1 unspecified atom stereocenters. The number of imide groups is 1. The van der Waals surface area contributed by atoms with E-state index in [0.717, 1.165) is 25.8 Å². The predicted molar refractivity (Wildman–Crippen MR) is 120 cm³/mol. The van der Waals surface area contributed by atoms with Gasteiger partial charge < -0.3 is 14.6 Å². The second-order valence-electron chi connectivity index (χ2n) is 8.29. The van der Waals surface area contributed by atoms with Gasteiger partial charge in [-0.2, -0.15) is 0 Å². The summed E-state index contributed by atoms with van der Waals surface area (Å²) >= 11 is 0. The number of rotatable bonds is 7.